The van der Waals surface area contributed by atoms with Crippen molar-refractivity contribution in [2.75, 3.05) is 0 Å². The van der Waals surface area contributed by atoms with Gasteiger partial charge in [0.2, 0.25) is 0 Å². The van der Waals surface area contributed by atoms with Gasteiger partial charge in [0.1, 0.15) is 5.60 Å². The lowest BCUT2D eigenvalue weighted by Crippen LogP contribution is -2.60. The summed E-state index contributed by atoms with van der Waals surface area (Å²) in [6, 6.07) is 0. The highest BCUT2D eigenvalue weighted by atomic mass is 16.6. The van der Waals surface area contributed by atoms with Crippen molar-refractivity contribution in [2.45, 2.75) is 89.4 Å². The quantitative estimate of drug-likeness (QED) is 0.760. The van der Waals surface area contributed by atoms with Crippen molar-refractivity contribution in [1.82, 2.24) is 0 Å². The van der Waals surface area contributed by atoms with Gasteiger partial charge in [-0.3, -0.25) is 4.79 Å². The van der Waals surface area contributed by atoms with E-state index < -0.39 is 5.60 Å². The van der Waals surface area contributed by atoms with Gasteiger partial charge >= 0.3 is 0 Å². The normalized spacial score (nSPS) is 61.6. The minimum atomic E-state index is -0.505. The molecule has 3 nitrogen and oxygen atoms in total. The van der Waals surface area contributed by atoms with Crippen molar-refractivity contribution in [1.29, 1.82) is 0 Å². The van der Waals surface area contributed by atoms with Gasteiger partial charge in [-0.15, -0.1) is 0 Å². The van der Waals surface area contributed by atoms with E-state index in [2.05, 4.69) is 20.8 Å². The van der Waals surface area contributed by atoms with E-state index in [1.807, 2.05) is 6.08 Å². The summed E-state index contributed by atoms with van der Waals surface area (Å²) in [6.45, 7) is 6.98. The van der Waals surface area contributed by atoms with Crippen molar-refractivity contribution in [3.63, 3.8) is 0 Å². The molecule has 0 aromatic heterocycles. The number of hydrogen-bond donors (Lipinski definition) is 1. The van der Waals surface area contributed by atoms with E-state index in [0.29, 0.717) is 42.0 Å². The van der Waals surface area contributed by atoms with Crippen molar-refractivity contribution >= 4 is 5.78 Å². The summed E-state index contributed by atoms with van der Waals surface area (Å²) in [7, 11) is 0. The van der Waals surface area contributed by atoms with Gasteiger partial charge in [0.15, 0.2) is 5.78 Å². The molecule has 5 aliphatic carbocycles. The van der Waals surface area contributed by atoms with Crippen LogP contribution in [0.3, 0.4) is 0 Å². The highest BCUT2D eigenvalue weighted by Crippen LogP contribution is 2.82. The molecular formula is C23H32O3. The van der Waals surface area contributed by atoms with Crippen LogP contribution in [0.4, 0.5) is 0 Å². The van der Waals surface area contributed by atoms with E-state index in [9.17, 15) is 9.90 Å². The van der Waals surface area contributed by atoms with Crippen LogP contribution in [0.2, 0.25) is 0 Å². The second-order valence-electron chi connectivity index (χ2n) is 10.9. The molecule has 0 unspecified atom stereocenters. The third kappa shape index (κ3) is 1.53. The maximum absolute atomic E-state index is 12.1. The van der Waals surface area contributed by atoms with Crippen molar-refractivity contribution in [3.05, 3.63) is 11.6 Å². The molecule has 1 aliphatic heterocycles. The van der Waals surface area contributed by atoms with E-state index in [-0.39, 0.29) is 16.4 Å². The summed E-state index contributed by atoms with van der Waals surface area (Å²) in [4.78, 5) is 12.1. The van der Waals surface area contributed by atoms with Gasteiger partial charge in [0, 0.05) is 17.3 Å². The SMILES string of the molecule is CCC[C@]1(O)CC[C@H]2[C@@H]3[C@H]4C[C@H]4C4=CC(=O)CC[C@]4(C)[C@]34O[C@H]4C[C@@]21C. The monoisotopic (exact) mass is 356 g/mol. The third-order valence-corrected chi connectivity index (χ3v) is 10.1. The van der Waals surface area contributed by atoms with Gasteiger partial charge < -0.3 is 9.84 Å². The Labute approximate surface area is 156 Å². The van der Waals surface area contributed by atoms with E-state index in [1.54, 1.807) is 0 Å². The number of carbonyl (C=O) groups excluding carboxylic acids is 1. The predicted molar refractivity (Wildman–Crippen MR) is 98.4 cm³/mol. The Morgan fingerprint density at radius 2 is 2.12 bits per heavy atom. The zero-order chi connectivity index (χ0) is 18.1. The van der Waals surface area contributed by atoms with Crippen LogP contribution in [-0.4, -0.2) is 28.2 Å². The second kappa shape index (κ2) is 4.49. The fourth-order valence-electron chi connectivity index (χ4n) is 8.76. The molecule has 26 heavy (non-hydrogen) atoms. The molecule has 4 saturated carbocycles. The summed E-state index contributed by atoms with van der Waals surface area (Å²) in [6.07, 6.45) is 10.3. The van der Waals surface area contributed by atoms with Crippen LogP contribution in [0, 0.1) is 34.5 Å². The topological polar surface area (TPSA) is 49.8 Å². The molecule has 0 aromatic carbocycles. The molecule has 1 N–H and O–H groups in total. The smallest absolute Gasteiger partial charge is 0.155 e. The number of ketones is 1. The van der Waals surface area contributed by atoms with Crippen LogP contribution in [0.15, 0.2) is 11.6 Å². The van der Waals surface area contributed by atoms with Crippen LogP contribution in [0.5, 0.6) is 0 Å². The number of carbonyl (C=O) groups is 1. The Kier molecular flexibility index (Phi) is 2.81. The molecule has 6 aliphatic rings. The maximum atomic E-state index is 12.1. The molecule has 0 bridgehead atoms. The van der Waals surface area contributed by atoms with Crippen molar-refractivity contribution in [2.24, 2.45) is 34.5 Å². The Balaban J connectivity index is 1.46. The first kappa shape index (κ1) is 16.3. The molecule has 0 amide bonds. The Morgan fingerprint density at radius 3 is 2.88 bits per heavy atom. The average Bonchev–Trinajstić information content (AvgIpc) is 3.47. The van der Waals surface area contributed by atoms with Crippen LogP contribution >= 0.6 is 0 Å². The Hall–Kier alpha value is -0.670. The van der Waals surface area contributed by atoms with Gasteiger partial charge in [-0.2, -0.15) is 0 Å². The summed E-state index contributed by atoms with van der Waals surface area (Å²) < 4.78 is 6.68. The highest BCUT2D eigenvalue weighted by Gasteiger charge is 2.84. The van der Waals surface area contributed by atoms with Crippen LogP contribution in [0.1, 0.15) is 72.1 Å². The van der Waals surface area contributed by atoms with Gasteiger partial charge in [-0.25, -0.2) is 0 Å². The molecule has 1 heterocycles. The minimum absolute atomic E-state index is 0.00749. The lowest BCUT2D eigenvalue weighted by Gasteiger charge is -2.56. The molecule has 1 spiro atoms. The van der Waals surface area contributed by atoms with Crippen molar-refractivity contribution < 1.29 is 14.6 Å². The minimum Gasteiger partial charge on any atom is -0.389 e. The number of ether oxygens (including phenoxy) is 1. The first-order valence-corrected chi connectivity index (χ1v) is 11.0. The summed E-state index contributed by atoms with van der Waals surface area (Å²) in [5, 5.41) is 11.6. The molecule has 142 valence electrons. The largest absolute Gasteiger partial charge is 0.389 e. The van der Waals surface area contributed by atoms with Crippen LogP contribution < -0.4 is 0 Å². The summed E-state index contributed by atoms with van der Waals surface area (Å²) >= 11 is 0. The van der Waals surface area contributed by atoms with Crippen LogP contribution in [0.25, 0.3) is 0 Å². The number of aliphatic hydroxyl groups is 1. The van der Waals surface area contributed by atoms with Crippen LogP contribution in [-0.2, 0) is 9.53 Å². The zero-order valence-electron chi connectivity index (χ0n) is 16.4. The molecule has 5 fully saturated rings. The van der Waals surface area contributed by atoms with E-state index >= 15 is 0 Å². The fraction of sp³-hybridized carbons (Fsp3) is 0.870. The van der Waals surface area contributed by atoms with Gasteiger partial charge in [0.25, 0.3) is 0 Å². The fourth-order valence-corrected chi connectivity index (χ4v) is 8.76. The number of hydrogen-bond acceptors (Lipinski definition) is 3. The standard InChI is InChI=1S/C23H32O3/c1-4-7-22(25)9-6-16-19-15-11-14(15)17-10-13(24)5-8-20(17,2)23(19)18(26-23)12-21(16,22)3/h10,14-16,18-19,25H,4-9,11-12H2,1-3H3/t14-,15+,16+,18+,19+,20+,21+,22+,23-/m1/s1. The van der Waals surface area contributed by atoms with Gasteiger partial charge in [-0.05, 0) is 68.3 Å². The third-order valence-electron chi connectivity index (χ3n) is 10.1. The molecular weight excluding hydrogens is 324 g/mol. The summed E-state index contributed by atoms with van der Waals surface area (Å²) in [5.41, 5.74) is 0.963. The van der Waals surface area contributed by atoms with E-state index in [1.165, 1.54) is 12.0 Å². The summed E-state index contributed by atoms with van der Waals surface area (Å²) in [5.74, 6) is 2.82. The van der Waals surface area contributed by atoms with Crippen molar-refractivity contribution in [3.8, 4) is 0 Å². The first-order valence-electron chi connectivity index (χ1n) is 11.0. The molecule has 1 saturated heterocycles. The van der Waals surface area contributed by atoms with E-state index in [4.69, 9.17) is 4.74 Å². The molecule has 0 aromatic rings. The molecule has 6 rings (SSSR count). The second-order valence-corrected chi connectivity index (χ2v) is 10.9. The average molecular weight is 357 g/mol. The number of epoxide rings is 1. The number of fused-ring (bicyclic) bond motifs is 6. The Bertz CT molecular complexity index is 742. The lowest BCUT2D eigenvalue weighted by molar-refractivity contribution is -0.122. The number of rotatable bonds is 2. The first-order chi connectivity index (χ1) is 12.3. The van der Waals surface area contributed by atoms with E-state index in [0.717, 1.165) is 38.5 Å². The zero-order valence-corrected chi connectivity index (χ0v) is 16.4. The highest BCUT2D eigenvalue weighted by molar-refractivity contribution is 5.92. The predicted octanol–water partition coefficient (Wildman–Crippen LogP) is 4.04. The Morgan fingerprint density at radius 1 is 1.31 bits per heavy atom. The lowest BCUT2D eigenvalue weighted by atomic mass is 9.46. The molecule has 0 radical (unpaired) electrons. The maximum Gasteiger partial charge on any atom is 0.155 e. The van der Waals surface area contributed by atoms with Gasteiger partial charge in [-0.1, -0.05) is 32.8 Å². The molecule has 9 atom stereocenters. The molecule has 3 heteroatoms. The van der Waals surface area contributed by atoms with Gasteiger partial charge in [0.05, 0.1) is 11.7 Å².